The maximum absolute atomic E-state index is 11.9. The Morgan fingerprint density at radius 2 is 2.15 bits per heavy atom. The van der Waals surface area contributed by atoms with E-state index in [2.05, 4.69) is 43.5 Å². The van der Waals surface area contributed by atoms with Gasteiger partial charge < -0.3 is 15.4 Å². The third kappa shape index (κ3) is 4.97. The predicted molar refractivity (Wildman–Crippen MR) is 111 cm³/mol. The van der Waals surface area contributed by atoms with E-state index in [0.717, 1.165) is 23.0 Å². The molecular formula is C20H25BrN4O2. The minimum absolute atomic E-state index is 0.399. The quantitative estimate of drug-likeness (QED) is 0.642. The van der Waals surface area contributed by atoms with Gasteiger partial charge in [-0.25, -0.2) is 9.78 Å². The summed E-state index contributed by atoms with van der Waals surface area (Å²) in [6.45, 7) is 4.31. The average molecular weight is 433 g/mol. The van der Waals surface area contributed by atoms with Crippen LogP contribution in [0.15, 0.2) is 28.9 Å². The SMILES string of the molecule is COC(=O)c1cc(Nc2ncc(C)c(NC3CCCC(C)C3)n2)ccc1Br. The molecule has 3 rings (SSSR count). The summed E-state index contributed by atoms with van der Waals surface area (Å²) in [7, 11) is 1.36. The van der Waals surface area contributed by atoms with Crippen molar-refractivity contribution in [3.05, 3.63) is 40.0 Å². The number of methoxy groups -OCH3 is 1. The van der Waals surface area contributed by atoms with Gasteiger partial charge in [0.15, 0.2) is 0 Å². The number of nitrogens with one attached hydrogen (secondary N) is 2. The molecule has 0 bridgehead atoms. The third-order valence-corrected chi connectivity index (χ3v) is 5.57. The summed E-state index contributed by atoms with van der Waals surface area (Å²) in [5.41, 5.74) is 2.19. The Bertz CT molecular complexity index is 828. The van der Waals surface area contributed by atoms with Crippen LogP contribution in [0.4, 0.5) is 17.5 Å². The Hall–Kier alpha value is -2.15. The summed E-state index contributed by atoms with van der Waals surface area (Å²) < 4.78 is 5.49. The first-order chi connectivity index (χ1) is 13.0. The van der Waals surface area contributed by atoms with Crippen molar-refractivity contribution in [2.24, 2.45) is 5.92 Å². The zero-order chi connectivity index (χ0) is 19.4. The van der Waals surface area contributed by atoms with Gasteiger partial charge in [0, 0.05) is 28.0 Å². The van der Waals surface area contributed by atoms with Gasteiger partial charge in [-0.3, -0.25) is 0 Å². The lowest BCUT2D eigenvalue weighted by molar-refractivity contribution is 0.0599. The van der Waals surface area contributed by atoms with Crippen molar-refractivity contribution in [3.8, 4) is 0 Å². The number of carbonyl (C=O) groups excluding carboxylic acids is 1. The van der Waals surface area contributed by atoms with Crippen LogP contribution in [0.3, 0.4) is 0 Å². The topological polar surface area (TPSA) is 76.1 Å². The van der Waals surface area contributed by atoms with Crippen LogP contribution in [0.1, 0.15) is 48.5 Å². The molecule has 2 N–H and O–H groups in total. The average Bonchev–Trinajstić information content (AvgIpc) is 2.65. The fourth-order valence-corrected chi connectivity index (χ4v) is 3.81. The van der Waals surface area contributed by atoms with Crippen LogP contribution in [0, 0.1) is 12.8 Å². The highest BCUT2D eigenvalue weighted by Gasteiger charge is 2.20. The Labute approximate surface area is 168 Å². The van der Waals surface area contributed by atoms with Gasteiger partial charge in [0.05, 0.1) is 12.7 Å². The smallest absolute Gasteiger partial charge is 0.339 e. The highest BCUT2D eigenvalue weighted by atomic mass is 79.9. The molecule has 7 heteroatoms. The molecule has 2 aromatic rings. The van der Waals surface area contributed by atoms with Crippen molar-refractivity contribution in [1.29, 1.82) is 0 Å². The van der Waals surface area contributed by atoms with Gasteiger partial charge in [-0.1, -0.05) is 19.8 Å². The summed E-state index contributed by atoms with van der Waals surface area (Å²) in [6, 6.07) is 5.82. The first-order valence-corrected chi connectivity index (χ1v) is 10.0. The maximum atomic E-state index is 11.9. The number of rotatable bonds is 5. The highest BCUT2D eigenvalue weighted by Crippen LogP contribution is 2.28. The first kappa shape index (κ1) is 19.6. The highest BCUT2D eigenvalue weighted by molar-refractivity contribution is 9.10. The predicted octanol–water partition coefficient (Wildman–Crippen LogP) is 5.07. The lowest BCUT2D eigenvalue weighted by Gasteiger charge is -2.28. The van der Waals surface area contributed by atoms with Gasteiger partial charge in [0.1, 0.15) is 5.82 Å². The molecule has 2 atom stereocenters. The second kappa shape index (κ2) is 8.69. The number of hydrogen-bond acceptors (Lipinski definition) is 6. The van der Waals surface area contributed by atoms with Gasteiger partial charge in [-0.2, -0.15) is 4.98 Å². The van der Waals surface area contributed by atoms with Crippen LogP contribution in [0.5, 0.6) is 0 Å². The standard InChI is InChI=1S/C20H25BrN4O2/c1-12-5-4-6-14(9-12)23-18-13(2)11-22-20(25-18)24-15-7-8-17(21)16(10-15)19(26)27-3/h7-8,10-12,14H,4-6,9H2,1-3H3,(H2,22,23,24,25). The zero-order valence-corrected chi connectivity index (χ0v) is 17.5. The molecule has 1 aliphatic carbocycles. The first-order valence-electron chi connectivity index (χ1n) is 9.21. The number of hydrogen-bond donors (Lipinski definition) is 2. The second-order valence-electron chi connectivity index (χ2n) is 7.15. The number of anilines is 3. The molecule has 1 heterocycles. The van der Waals surface area contributed by atoms with E-state index < -0.39 is 5.97 Å². The molecule has 0 radical (unpaired) electrons. The van der Waals surface area contributed by atoms with Gasteiger partial charge >= 0.3 is 5.97 Å². The molecule has 0 aliphatic heterocycles. The van der Waals surface area contributed by atoms with E-state index in [0.29, 0.717) is 22.0 Å². The monoisotopic (exact) mass is 432 g/mol. The molecule has 144 valence electrons. The number of ether oxygens (including phenoxy) is 1. The normalized spacial score (nSPS) is 19.4. The molecule has 1 saturated carbocycles. The van der Waals surface area contributed by atoms with E-state index >= 15 is 0 Å². The van der Waals surface area contributed by atoms with Gasteiger partial charge in [-0.05, 0) is 59.8 Å². The molecule has 0 saturated heterocycles. The largest absolute Gasteiger partial charge is 0.465 e. The van der Waals surface area contributed by atoms with Crippen molar-refractivity contribution in [2.75, 3.05) is 17.7 Å². The molecular weight excluding hydrogens is 408 g/mol. The van der Waals surface area contributed by atoms with Crippen molar-refractivity contribution >= 4 is 39.4 Å². The number of aryl methyl sites for hydroxylation is 1. The fraction of sp³-hybridized carbons (Fsp3) is 0.450. The van der Waals surface area contributed by atoms with E-state index in [-0.39, 0.29) is 0 Å². The van der Waals surface area contributed by atoms with E-state index in [1.807, 2.05) is 19.2 Å². The Morgan fingerprint density at radius 1 is 1.33 bits per heavy atom. The van der Waals surface area contributed by atoms with Crippen molar-refractivity contribution in [3.63, 3.8) is 0 Å². The number of benzene rings is 1. The molecule has 27 heavy (non-hydrogen) atoms. The molecule has 0 amide bonds. The lowest BCUT2D eigenvalue weighted by atomic mass is 9.87. The maximum Gasteiger partial charge on any atom is 0.339 e. The Morgan fingerprint density at radius 3 is 2.89 bits per heavy atom. The zero-order valence-electron chi connectivity index (χ0n) is 15.9. The van der Waals surface area contributed by atoms with Crippen LogP contribution < -0.4 is 10.6 Å². The molecule has 1 aromatic carbocycles. The fourth-order valence-electron chi connectivity index (χ4n) is 3.41. The Kier molecular flexibility index (Phi) is 6.31. The van der Waals surface area contributed by atoms with Crippen LogP contribution >= 0.6 is 15.9 Å². The minimum atomic E-state index is -0.399. The Balaban J connectivity index is 1.77. The molecule has 2 unspecified atom stereocenters. The summed E-state index contributed by atoms with van der Waals surface area (Å²) in [5.74, 6) is 1.70. The summed E-state index contributed by atoms with van der Waals surface area (Å²) in [4.78, 5) is 20.9. The number of halogens is 1. The summed E-state index contributed by atoms with van der Waals surface area (Å²) >= 11 is 3.37. The van der Waals surface area contributed by atoms with Crippen LogP contribution in [0.2, 0.25) is 0 Å². The second-order valence-corrected chi connectivity index (χ2v) is 8.00. The molecule has 1 aromatic heterocycles. The van der Waals surface area contributed by atoms with Crippen LogP contribution in [-0.4, -0.2) is 29.1 Å². The van der Waals surface area contributed by atoms with Gasteiger partial charge in [-0.15, -0.1) is 0 Å². The van der Waals surface area contributed by atoms with E-state index in [9.17, 15) is 4.79 Å². The number of carbonyl (C=O) groups is 1. The number of nitrogens with zero attached hydrogens (tertiary/aromatic N) is 2. The van der Waals surface area contributed by atoms with Gasteiger partial charge in [0.2, 0.25) is 5.95 Å². The van der Waals surface area contributed by atoms with E-state index in [4.69, 9.17) is 4.74 Å². The minimum Gasteiger partial charge on any atom is -0.465 e. The molecule has 1 aliphatic rings. The lowest BCUT2D eigenvalue weighted by Crippen LogP contribution is -2.27. The van der Waals surface area contributed by atoms with Crippen molar-refractivity contribution in [2.45, 2.75) is 45.6 Å². The molecule has 0 spiro atoms. The number of esters is 1. The van der Waals surface area contributed by atoms with Crippen molar-refractivity contribution < 1.29 is 9.53 Å². The molecule has 1 fully saturated rings. The van der Waals surface area contributed by atoms with Gasteiger partial charge in [0.25, 0.3) is 0 Å². The summed E-state index contributed by atoms with van der Waals surface area (Å²) in [6.07, 6.45) is 6.71. The van der Waals surface area contributed by atoms with Crippen molar-refractivity contribution in [1.82, 2.24) is 9.97 Å². The van der Waals surface area contributed by atoms with Crippen LogP contribution in [-0.2, 0) is 4.74 Å². The van der Waals surface area contributed by atoms with E-state index in [1.165, 1.54) is 32.8 Å². The van der Waals surface area contributed by atoms with E-state index in [1.54, 1.807) is 12.1 Å². The summed E-state index contributed by atoms with van der Waals surface area (Å²) in [5, 5.41) is 6.75. The molecule has 6 nitrogen and oxygen atoms in total. The van der Waals surface area contributed by atoms with Crippen LogP contribution in [0.25, 0.3) is 0 Å². The third-order valence-electron chi connectivity index (χ3n) is 4.88. The number of aromatic nitrogens is 2.